The number of aromatic nitrogens is 5. The topological polar surface area (TPSA) is 68.5 Å². The predicted molar refractivity (Wildman–Crippen MR) is 73.1 cm³/mol. The summed E-state index contributed by atoms with van der Waals surface area (Å²) < 4.78 is 1.75. The van der Waals surface area contributed by atoms with Crippen LogP contribution in [0, 0.1) is 0 Å². The summed E-state index contributed by atoms with van der Waals surface area (Å²) in [7, 11) is 0. The molecule has 2 aromatic heterocycles. The molecule has 0 amide bonds. The van der Waals surface area contributed by atoms with Crippen LogP contribution in [0.4, 0.5) is 5.82 Å². The highest BCUT2D eigenvalue weighted by molar-refractivity contribution is 6.28. The zero-order chi connectivity index (χ0) is 13.1. The van der Waals surface area contributed by atoms with E-state index in [9.17, 15) is 0 Å². The summed E-state index contributed by atoms with van der Waals surface area (Å²) in [5.74, 6) is 0.732. The standard InChI is InChI=1S/C12H11ClN6/c13-12-16-10-4-2-1-3-9(10)11(17-12)14-5-7-19-8-6-15-18-19/h1-4,6,8H,5,7H2,(H,14,16,17). The van der Waals surface area contributed by atoms with Crippen LogP contribution in [0.25, 0.3) is 10.9 Å². The molecule has 96 valence electrons. The van der Waals surface area contributed by atoms with Crippen molar-refractivity contribution < 1.29 is 0 Å². The first-order chi connectivity index (χ1) is 9.33. The van der Waals surface area contributed by atoms with Crippen molar-refractivity contribution in [2.45, 2.75) is 6.54 Å². The zero-order valence-corrected chi connectivity index (χ0v) is 10.7. The van der Waals surface area contributed by atoms with Crippen molar-refractivity contribution in [2.75, 3.05) is 11.9 Å². The Morgan fingerprint density at radius 1 is 1.21 bits per heavy atom. The molecule has 3 rings (SSSR count). The zero-order valence-electron chi connectivity index (χ0n) is 9.99. The van der Waals surface area contributed by atoms with Crippen molar-refractivity contribution in [3.63, 3.8) is 0 Å². The summed E-state index contributed by atoms with van der Waals surface area (Å²) >= 11 is 5.91. The molecule has 1 aromatic carbocycles. The van der Waals surface area contributed by atoms with Crippen LogP contribution in [0.15, 0.2) is 36.7 Å². The van der Waals surface area contributed by atoms with E-state index >= 15 is 0 Å². The molecule has 0 saturated heterocycles. The average Bonchev–Trinajstić information content (AvgIpc) is 2.91. The molecular formula is C12H11ClN6. The number of hydrogen-bond donors (Lipinski definition) is 1. The molecular weight excluding hydrogens is 264 g/mol. The van der Waals surface area contributed by atoms with Gasteiger partial charge in [-0.1, -0.05) is 17.3 Å². The number of halogens is 1. The number of hydrogen-bond acceptors (Lipinski definition) is 5. The Morgan fingerprint density at radius 2 is 2.11 bits per heavy atom. The monoisotopic (exact) mass is 274 g/mol. The summed E-state index contributed by atoms with van der Waals surface area (Å²) in [4.78, 5) is 8.40. The van der Waals surface area contributed by atoms with Gasteiger partial charge >= 0.3 is 0 Å². The Labute approximate surface area is 114 Å². The second-order valence-corrected chi connectivity index (χ2v) is 4.29. The van der Waals surface area contributed by atoms with E-state index in [1.54, 1.807) is 10.9 Å². The third-order valence-electron chi connectivity index (χ3n) is 2.68. The molecule has 0 atom stereocenters. The Kier molecular flexibility index (Phi) is 3.24. The van der Waals surface area contributed by atoms with Crippen LogP contribution in [0.3, 0.4) is 0 Å². The first-order valence-corrected chi connectivity index (χ1v) is 6.21. The summed E-state index contributed by atoms with van der Waals surface area (Å²) in [6, 6.07) is 7.74. The Hall–Kier alpha value is -2.21. The Bertz CT molecular complexity index is 682. The lowest BCUT2D eigenvalue weighted by Gasteiger charge is -2.08. The molecule has 0 fully saturated rings. The molecule has 0 bridgehead atoms. The molecule has 0 spiro atoms. The number of para-hydroxylation sites is 1. The van der Waals surface area contributed by atoms with Gasteiger partial charge in [0.15, 0.2) is 0 Å². The molecule has 3 aromatic rings. The van der Waals surface area contributed by atoms with Crippen molar-refractivity contribution in [1.29, 1.82) is 0 Å². The quantitative estimate of drug-likeness (QED) is 0.737. The van der Waals surface area contributed by atoms with E-state index in [0.717, 1.165) is 16.7 Å². The van der Waals surface area contributed by atoms with Gasteiger partial charge in [-0.15, -0.1) is 5.10 Å². The van der Waals surface area contributed by atoms with Gasteiger partial charge in [-0.2, -0.15) is 0 Å². The molecule has 0 saturated carbocycles. The van der Waals surface area contributed by atoms with Crippen LogP contribution in [-0.2, 0) is 6.54 Å². The van der Waals surface area contributed by atoms with Crippen molar-refractivity contribution in [1.82, 2.24) is 25.0 Å². The van der Waals surface area contributed by atoms with Crippen molar-refractivity contribution in [3.05, 3.63) is 41.9 Å². The first kappa shape index (κ1) is 11.9. The number of rotatable bonds is 4. The van der Waals surface area contributed by atoms with Crippen LogP contribution in [0.1, 0.15) is 0 Å². The van der Waals surface area contributed by atoms with Gasteiger partial charge in [-0.25, -0.2) is 9.97 Å². The van der Waals surface area contributed by atoms with E-state index < -0.39 is 0 Å². The van der Waals surface area contributed by atoms with Gasteiger partial charge < -0.3 is 5.32 Å². The lowest BCUT2D eigenvalue weighted by molar-refractivity contribution is 0.608. The number of nitrogens with one attached hydrogen (secondary N) is 1. The minimum atomic E-state index is 0.238. The molecule has 6 nitrogen and oxygen atoms in total. The molecule has 0 aliphatic carbocycles. The fourth-order valence-corrected chi connectivity index (χ4v) is 2.00. The molecule has 2 heterocycles. The Balaban J connectivity index is 1.80. The first-order valence-electron chi connectivity index (χ1n) is 5.83. The summed E-state index contributed by atoms with van der Waals surface area (Å²) in [6.45, 7) is 1.39. The number of fused-ring (bicyclic) bond motifs is 1. The smallest absolute Gasteiger partial charge is 0.224 e. The van der Waals surface area contributed by atoms with Gasteiger partial charge in [-0.05, 0) is 23.7 Å². The number of benzene rings is 1. The van der Waals surface area contributed by atoms with Crippen LogP contribution in [0.5, 0.6) is 0 Å². The van der Waals surface area contributed by atoms with Crippen LogP contribution < -0.4 is 5.32 Å². The molecule has 19 heavy (non-hydrogen) atoms. The largest absolute Gasteiger partial charge is 0.368 e. The van der Waals surface area contributed by atoms with E-state index in [4.69, 9.17) is 11.6 Å². The van der Waals surface area contributed by atoms with E-state index in [1.807, 2.05) is 30.5 Å². The minimum absolute atomic E-state index is 0.238. The SMILES string of the molecule is Clc1nc(NCCn2ccnn2)c2ccccc2n1. The van der Waals surface area contributed by atoms with Crippen molar-refractivity contribution in [2.24, 2.45) is 0 Å². The minimum Gasteiger partial charge on any atom is -0.368 e. The second-order valence-electron chi connectivity index (χ2n) is 3.95. The van der Waals surface area contributed by atoms with Crippen molar-refractivity contribution in [3.8, 4) is 0 Å². The van der Waals surface area contributed by atoms with Gasteiger partial charge in [0.2, 0.25) is 5.28 Å². The third kappa shape index (κ3) is 2.63. The van der Waals surface area contributed by atoms with E-state index in [0.29, 0.717) is 13.1 Å². The fraction of sp³-hybridized carbons (Fsp3) is 0.167. The lowest BCUT2D eigenvalue weighted by Crippen LogP contribution is -2.12. The molecule has 0 aliphatic rings. The maximum absolute atomic E-state index is 5.91. The highest BCUT2D eigenvalue weighted by Crippen LogP contribution is 2.21. The number of nitrogens with zero attached hydrogens (tertiary/aromatic N) is 5. The summed E-state index contributed by atoms with van der Waals surface area (Å²) in [5.41, 5.74) is 0.825. The maximum Gasteiger partial charge on any atom is 0.224 e. The van der Waals surface area contributed by atoms with Gasteiger partial charge in [0.25, 0.3) is 0 Å². The highest BCUT2D eigenvalue weighted by Gasteiger charge is 2.05. The van der Waals surface area contributed by atoms with E-state index in [2.05, 4.69) is 25.6 Å². The number of anilines is 1. The van der Waals surface area contributed by atoms with Gasteiger partial charge in [0.05, 0.1) is 18.3 Å². The van der Waals surface area contributed by atoms with E-state index in [-0.39, 0.29) is 5.28 Å². The van der Waals surface area contributed by atoms with Crippen molar-refractivity contribution >= 4 is 28.3 Å². The van der Waals surface area contributed by atoms with Crippen LogP contribution in [-0.4, -0.2) is 31.5 Å². The molecule has 0 radical (unpaired) electrons. The fourth-order valence-electron chi connectivity index (χ4n) is 1.82. The van der Waals surface area contributed by atoms with Gasteiger partial charge in [0.1, 0.15) is 5.82 Å². The third-order valence-corrected chi connectivity index (χ3v) is 2.85. The molecule has 1 N–H and O–H groups in total. The normalized spacial score (nSPS) is 10.8. The van der Waals surface area contributed by atoms with Crippen LogP contribution in [0.2, 0.25) is 5.28 Å². The lowest BCUT2D eigenvalue weighted by atomic mass is 10.2. The summed E-state index contributed by atoms with van der Waals surface area (Å²) in [5, 5.41) is 12.1. The van der Waals surface area contributed by atoms with Gasteiger partial charge in [0, 0.05) is 18.1 Å². The van der Waals surface area contributed by atoms with E-state index in [1.165, 1.54) is 0 Å². The van der Waals surface area contributed by atoms with Crippen LogP contribution >= 0.6 is 11.6 Å². The Morgan fingerprint density at radius 3 is 2.95 bits per heavy atom. The second kappa shape index (κ2) is 5.19. The highest BCUT2D eigenvalue weighted by atomic mass is 35.5. The summed E-state index contributed by atoms with van der Waals surface area (Å²) in [6.07, 6.45) is 3.46. The van der Waals surface area contributed by atoms with Gasteiger partial charge in [-0.3, -0.25) is 4.68 Å². The molecule has 0 unspecified atom stereocenters. The molecule has 7 heteroatoms. The maximum atomic E-state index is 5.91. The average molecular weight is 275 g/mol. The molecule has 0 aliphatic heterocycles. The predicted octanol–water partition coefficient (Wildman–Crippen LogP) is 1.99.